The first kappa shape index (κ1) is 17.3. The van der Waals surface area contributed by atoms with Crippen molar-refractivity contribution < 1.29 is 9.72 Å². The second-order valence-corrected chi connectivity index (χ2v) is 7.52. The van der Waals surface area contributed by atoms with Crippen LogP contribution in [-0.4, -0.2) is 30.3 Å². The Hall–Kier alpha value is -3.08. The first-order chi connectivity index (χ1) is 12.8. The van der Waals surface area contributed by atoms with Gasteiger partial charge in [0.15, 0.2) is 0 Å². The molecule has 10 nitrogen and oxygen atoms in total. The molecule has 140 valence electrons. The smallest absolute Gasteiger partial charge is 0.267 e. The van der Waals surface area contributed by atoms with Crippen molar-refractivity contribution in [1.82, 2.24) is 19.4 Å². The standard InChI is InChI=1S/C16H16N6O4S/c1-7-12(22(25)26)13(20(3)18-7)14(23)19-21-8(2)17-15-11(16(21)24)9-5-4-6-10(9)27-15/h4-6H2,1-3H3,(H,19,23). The van der Waals surface area contributed by atoms with E-state index >= 15 is 0 Å². The van der Waals surface area contributed by atoms with Crippen LogP contribution in [0.4, 0.5) is 5.69 Å². The molecule has 0 saturated heterocycles. The van der Waals surface area contributed by atoms with Crippen LogP contribution in [0, 0.1) is 24.0 Å². The Bertz CT molecular complexity index is 1190. The van der Waals surface area contributed by atoms with Crippen molar-refractivity contribution in [1.29, 1.82) is 0 Å². The van der Waals surface area contributed by atoms with E-state index in [2.05, 4.69) is 15.5 Å². The molecule has 27 heavy (non-hydrogen) atoms. The average molecular weight is 388 g/mol. The molecule has 1 aliphatic carbocycles. The van der Waals surface area contributed by atoms with Crippen LogP contribution < -0.4 is 11.0 Å². The number of nitro groups is 1. The summed E-state index contributed by atoms with van der Waals surface area (Å²) < 4.78 is 2.19. The Balaban J connectivity index is 1.82. The maximum absolute atomic E-state index is 13.0. The lowest BCUT2D eigenvalue weighted by Crippen LogP contribution is -2.36. The minimum Gasteiger partial charge on any atom is -0.267 e. The summed E-state index contributed by atoms with van der Waals surface area (Å²) in [5, 5.41) is 15.8. The summed E-state index contributed by atoms with van der Waals surface area (Å²) in [6.45, 7) is 3.06. The number of rotatable bonds is 3. The number of fused-ring (bicyclic) bond motifs is 3. The number of aryl methyl sites for hydroxylation is 5. The lowest BCUT2D eigenvalue weighted by molar-refractivity contribution is -0.385. The van der Waals surface area contributed by atoms with Crippen molar-refractivity contribution in [3.8, 4) is 0 Å². The summed E-state index contributed by atoms with van der Waals surface area (Å²) in [6, 6.07) is 0. The van der Waals surface area contributed by atoms with Crippen LogP contribution in [0.25, 0.3) is 10.2 Å². The largest absolute Gasteiger partial charge is 0.322 e. The van der Waals surface area contributed by atoms with E-state index in [0.29, 0.717) is 16.0 Å². The highest BCUT2D eigenvalue weighted by Gasteiger charge is 2.30. The van der Waals surface area contributed by atoms with E-state index in [1.807, 2.05) is 0 Å². The van der Waals surface area contributed by atoms with E-state index in [9.17, 15) is 19.7 Å². The van der Waals surface area contributed by atoms with Gasteiger partial charge in [-0.25, -0.2) is 9.66 Å². The number of carbonyl (C=O) groups excluding carboxylic acids is 1. The van der Waals surface area contributed by atoms with Gasteiger partial charge in [0.1, 0.15) is 16.3 Å². The molecule has 1 N–H and O–H groups in total. The summed E-state index contributed by atoms with van der Waals surface area (Å²) in [7, 11) is 1.44. The van der Waals surface area contributed by atoms with Crippen LogP contribution in [0.15, 0.2) is 4.79 Å². The number of amides is 1. The van der Waals surface area contributed by atoms with Crippen molar-refractivity contribution >= 4 is 33.1 Å². The van der Waals surface area contributed by atoms with Gasteiger partial charge in [0.25, 0.3) is 11.5 Å². The molecule has 1 amide bonds. The third-order valence-corrected chi connectivity index (χ3v) is 5.89. The first-order valence-corrected chi connectivity index (χ1v) is 9.14. The lowest BCUT2D eigenvalue weighted by atomic mass is 10.2. The van der Waals surface area contributed by atoms with Crippen molar-refractivity contribution in [3.63, 3.8) is 0 Å². The monoisotopic (exact) mass is 388 g/mol. The summed E-state index contributed by atoms with van der Waals surface area (Å²) in [6.07, 6.45) is 2.74. The van der Waals surface area contributed by atoms with E-state index in [1.165, 1.54) is 25.3 Å². The quantitative estimate of drug-likeness (QED) is 0.536. The highest BCUT2D eigenvalue weighted by atomic mass is 32.1. The van der Waals surface area contributed by atoms with Gasteiger partial charge in [-0.1, -0.05) is 0 Å². The fourth-order valence-corrected chi connectivity index (χ4v) is 4.85. The first-order valence-electron chi connectivity index (χ1n) is 8.32. The zero-order valence-corrected chi connectivity index (χ0v) is 15.7. The van der Waals surface area contributed by atoms with Crippen LogP contribution in [0.5, 0.6) is 0 Å². The molecule has 0 aromatic carbocycles. The van der Waals surface area contributed by atoms with Gasteiger partial charge in [0.05, 0.1) is 10.3 Å². The third kappa shape index (κ3) is 2.53. The molecular formula is C16H16N6O4S. The molecule has 0 saturated carbocycles. The fraction of sp³-hybridized carbons (Fsp3) is 0.375. The molecule has 0 atom stereocenters. The lowest BCUT2D eigenvalue weighted by Gasteiger charge is -2.11. The van der Waals surface area contributed by atoms with Gasteiger partial charge in [-0.3, -0.25) is 29.8 Å². The van der Waals surface area contributed by atoms with Gasteiger partial charge in [0.2, 0.25) is 5.69 Å². The molecule has 0 spiro atoms. The Morgan fingerprint density at radius 1 is 1.33 bits per heavy atom. The number of carbonyl (C=O) groups is 1. The molecule has 3 aromatic rings. The SMILES string of the molecule is Cc1nn(C)c(C(=O)Nn2c(C)nc3sc4c(c3c2=O)CCC4)c1[N+](=O)[O-]. The maximum atomic E-state index is 13.0. The van der Waals surface area contributed by atoms with E-state index in [0.717, 1.165) is 39.1 Å². The van der Waals surface area contributed by atoms with Crippen molar-refractivity contribution in [2.75, 3.05) is 5.43 Å². The highest BCUT2D eigenvalue weighted by molar-refractivity contribution is 7.18. The van der Waals surface area contributed by atoms with E-state index in [-0.39, 0.29) is 22.6 Å². The van der Waals surface area contributed by atoms with E-state index in [1.54, 1.807) is 6.92 Å². The van der Waals surface area contributed by atoms with Crippen LogP contribution in [0.2, 0.25) is 0 Å². The molecule has 0 unspecified atom stereocenters. The van der Waals surface area contributed by atoms with Crippen LogP contribution in [-0.2, 0) is 19.9 Å². The van der Waals surface area contributed by atoms with Crippen LogP contribution >= 0.6 is 11.3 Å². The second kappa shape index (κ2) is 5.98. The van der Waals surface area contributed by atoms with Gasteiger partial charge in [-0.05, 0) is 38.7 Å². The Labute approximate surface area is 156 Å². The summed E-state index contributed by atoms with van der Waals surface area (Å²) in [4.78, 5) is 42.7. The molecule has 0 radical (unpaired) electrons. The third-order valence-electron chi connectivity index (χ3n) is 4.71. The van der Waals surface area contributed by atoms with Gasteiger partial charge >= 0.3 is 5.69 Å². The molecule has 0 aliphatic heterocycles. The predicted octanol–water partition coefficient (Wildman–Crippen LogP) is 1.59. The molecule has 0 fully saturated rings. The van der Waals surface area contributed by atoms with E-state index < -0.39 is 10.8 Å². The van der Waals surface area contributed by atoms with Crippen molar-refractivity contribution in [2.45, 2.75) is 33.1 Å². The average Bonchev–Trinajstić information content (AvgIpc) is 3.23. The molecule has 11 heteroatoms. The van der Waals surface area contributed by atoms with E-state index in [4.69, 9.17) is 0 Å². The Morgan fingerprint density at radius 2 is 2.07 bits per heavy atom. The second-order valence-electron chi connectivity index (χ2n) is 6.44. The number of hydrogen-bond donors (Lipinski definition) is 1. The van der Waals surface area contributed by atoms with Crippen LogP contribution in [0.1, 0.15) is 38.9 Å². The molecule has 3 heterocycles. The number of thiophene rings is 1. The van der Waals surface area contributed by atoms with Gasteiger partial charge in [-0.15, -0.1) is 11.3 Å². The molecule has 1 aliphatic rings. The summed E-state index contributed by atoms with van der Waals surface area (Å²) >= 11 is 1.51. The van der Waals surface area contributed by atoms with Gasteiger partial charge in [0, 0.05) is 11.9 Å². The Morgan fingerprint density at radius 3 is 2.78 bits per heavy atom. The van der Waals surface area contributed by atoms with Gasteiger partial charge in [-0.2, -0.15) is 5.10 Å². The molecule has 3 aromatic heterocycles. The summed E-state index contributed by atoms with van der Waals surface area (Å²) in [5.74, 6) is -0.481. The molecule has 4 rings (SSSR count). The zero-order chi connectivity index (χ0) is 19.5. The number of hydrogen-bond acceptors (Lipinski definition) is 7. The normalized spacial score (nSPS) is 13.1. The number of nitrogens with one attached hydrogen (secondary N) is 1. The highest BCUT2D eigenvalue weighted by Crippen LogP contribution is 2.34. The van der Waals surface area contributed by atoms with Gasteiger partial charge < -0.3 is 0 Å². The molecular weight excluding hydrogens is 372 g/mol. The Kier molecular flexibility index (Phi) is 3.84. The number of aromatic nitrogens is 4. The number of nitrogens with zero attached hydrogens (tertiary/aromatic N) is 5. The predicted molar refractivity (Wildman–Crippen MR) is 98.9 cm³/mol. The van der Waals surface area contributed by atoms with Crippen molar-refractivity contribution in [3.05, 3.63) is 48.1 Å². The van der Waals surface area contributed by atoms with Crippen LogP contribution in [0.3, 0.4) is 0 Å². The molecule has 0 bridgehead atoms. The van der Waals surface area contributed by atoms with Crippen molar-refractivity contribution in [2.24, 2.45) is 7.05 Å². The summed E-state index contributed by atoms with van der Waals surface area (Å²) in [5.41, 5.74) is 2.61. The minimum atomic E-state index is -0.789. The fourth-order valence-electron chi connectivity index (χ4n) is 3.55. The topological polar surface area (TPSA) is 125 Å². The minimum absolute atomic E-state index is 0.126. The zero-order valence-electron chi connectivity index (χ0n) is 14.9. The maximum Gasteiger partial charge on any atom is 0.322 e.